The first-order chi connectivity index (χ1) is 7.15. The maximum atomic E-state index is 10.6. The first-order valence-corrected chi connectivity index (χ1v) is 4.78. The second kappa shape index (κ2) is 3.39. The predicted octanol–water partition coefficient (Wildman–Crippen LogP) is 1.28. The Kier molecular flexibility index (Phi) is 2.19. The molecule has 0 bridgehead atoms. The molecule has 0 radical (unpaired) electrons. The van der Waals surface area contributed by atoms with Crippen LogP contribution in [0.25, 0.3) is 0 Å². The topological polar surface area (TPSA) is 78.9 Å². The molecule has 1 fully saturated rings. The van der Waals surface area contributed by atoms with Gasteiger partial charge in [-0.2, -0.15) is 10.4 Å². The Hall–Kier alpha value is -1.83. The largest absolute Gasteiger partial charge is 0.478 e. The number of nitriles is 1. The predicted molar refractivity (Wildman–Crippen MR) is 51.1 cm³/mol. The number of carboxylic acid groups (broad SMARTS) is 1. The van der Waals surface area contributed by atoms with Crippen molar-refractivity contribution in [2.45, 2.75) is 25.8 Å². The van der Waals surface area contributed by atoms with Crippen molar-refractivity contribution < 1.29 is 9.90 Å². The summed E-state index contributed by atoms with van der Waals surface area (Å²) in [4.78, 5) is 10.6. The highest BCUT2D eigenvalue weighted by atomic mass is 16.4. The van der Waals surface area contributed by atoms with Crippen LogP contribution in [-0.2, 0) is 6.54 Å². The molecular weight excluding hydrogens is 194 g/mol. The third-order valence-electron chi connectivity index (χ3n) is 2.79. The van der Waals surface area contributed by atoms with E-state index in [9.17, 15) is 4.79 Å². The van der Waals surface area contributed by atoms with Crippen LogP contribution >= 0.6 is 0 Å². The van der Waals surface area contributed by atoms with Crippen molar-refractivity contribution in [3.05, 3.63) is 18.0 Å². The zero-order valence-electron chi connectivity index (χ0n) is 8.18. The normalized spacial score (nSPS) is 17.0. The van der Waals surface area contributed by atoms with Gasteiger partial charge in [-0.05, 0) is 12.8 Å². The smallest absolute Gasteiger partial charge is 0.338 e. The Morgan fingerprint density at radius 3 is 2.93 bits per heavy atom. The maximum Gasteiger partial charge on any atom is 0.338 e. The minimum atomic E-state index is -0.966. The molecule has 78 valence electrons. The van der Waals surface area contributed by atoms with Crippen LogP contribution in [0.4, 0.5) is 0 Å². The van der Waals surface area contributed by atoms with Gasteiger partial charge in [0.05, 0.1) is 17.8 Å². The Labute approximate surface area is 86.9 Å². The summed E-state index contributed by atoms with van der Waals surface area (Å²) in [7, 11) is 0. The molecule has 1 N–H and O–H groups in total. The summed E-state index contributed by atoms with van der Waals surface area (Å²) in [6.45, 7) is 0.647. The number of rotatable bonds is 4. The highest BCUT2D eigenvalue weighted by Crippen LogP contribution is 2.49. The summed E-state index contributed by atoms with van der Waals surface area (Å²) in [6.07, 6.45) is 5.44. The molecule has 1 heterocycles. The summed E-state index contributed by atoms with van der Waals surface area (Å²) < 4.78 is 1.62. The molecule has 0 spiro atoms. The van der Waals surface area contributed by atoms with Gasteiger partial charge in [0.25, 0.3) is 0 Å². The maximum absolute atomic E-state index is 10.6. The van der Waals surface area contributed by atoms with Gasteiger partial charge in [-0.1, -0.05) is 0 Å². The summed E-state index contributed by atoms with van der Waals surface area (Å²) >= 11 is 0. The minimum Gasteiger partial charge on any atom is -0.478 e. The van der Waals surface area contributed by atoms with Crippen molar-refractivity contribution in [1.29, 1.82) is 5.26 Å². The molecule has 1 aromatic rings. The first kappa shape index (κ1) is 9.71. The van der Waals surface area contributed by atoms with Crippen LogP contribution in [0.15, 0.2) is 12.4 Å². The molecule has 0 atom stereocenters. The summed E-state index contributed by atoms with van der Waals surface area (Å²) in [6, 6.07) is 2.16. The number of carbonyl (C=O) groups is 1. The number of aromatic nitrogens is 2. The lowest BCUT2D eigenvalue weighted by molar-refractivity contribution is 0.0696. The Bertz CT molecular complexity index is 426. The van der Waals surface area contributed by atoms with Gasteiger partial charge in [0, 0.05) is 24.6 Å². The van der Waals surface area contributed by atoms with Crippen molar-refractivity contribution in [3.8, 4) is 6.07 Å². The Balaban J connectivity index is 2.06. The van der Waals surface area contributed by atoms with Crippen molar-refractivity contribution in [1.82, 2.24) is 9.78 Å². The van der Waals surface area contributed by atoms with Crippen LogP contribution in [-0.4, -0.2) is 20.9 Å². The van der Waals surface area contributed by atoms with E-state index in [0.29, 0.717) is 13.0 Å². The molecule has 0 unspecified atom stereocenters. The number of aromatic carboxylic acids is 1. The van der Waals surface area contributed by atoms with Crippen LogP contribution in [0.2, 0.25) is 0 Å². The number of hydrogen-bond acceptors (Lipinski definition) is 3. The van der Waals surface area contributed by atoms with Gasteiger partial charge in [-0.25, -0.2) is 4.79 Å². The lowest BCUT2D eigenvalue weighted by Crippen LogP contribution is -2.11. The molecule has 5 heteroatoms. The summed E-state index contributed by atoms with van der Waals surface area (Å²) in [5.74, 6) is -0.966. The van der Waals surface area contributed by atoms with E-state index in [1.165, 1.54) is 12.4 Å². The molecule has 0 aromatic carbocycles. The molecule has 0 saturated heterocycles. The second-order valence-corrected chi connectivity index (χ2v) is 4.07. The fraction of sp³-hybridized carbons (Fsp3) is 0.500. The van der Waals surface area contributed by atoms with E-state index in [-0.39, 0.29) is 11.0 Å². The second-order valence-electron chi connectivity index (χ2n) is 4.07. The Morgan fingerprint density at radius 2 is 2.47 bits per heavy atom. The van der Waals surface area contributed by atoms with E-state index in [2.05, 4.69) is 11.2 Å². The van der Waals surface area contributed by atoms with Crippen molar-refractivity contribution in [2.75, 3.05) is 0 Å². The van der Waals surface area contributed by atoms with Gasteiger partial charge in [0.1, 0.15) is 0 Å². The fourth-order valence-corrected chi connectivity index (χ4v) is 1.64. The third kappa shape index (κ3) is 1.99. The van der Waals surface area contributed by atoms with Crippen molar-refractivity contribution >= 4 is 5.97 Å². The standard InChI is InChI=1S/C10H11N3O2/c11-4-3-10(1-2-10)7-13-6-8(5-12-13)9(14)15/h5-6H,1-3,7H2,(H,14,15). The van der Waals surface area contributed by atoms with Crippen LogP contribution < -0.4 is 0 Å². The van der Waals surface area contributed by atoms with E-state index in [1.807, 2.05) is 0 Å². The number of nitrogens with zero attached hydrogens (tertiary/aromatic N) is 3. The lowest BCUT2D eigenvalue weighted by Gasteiger charge is -2.09. The van der Waals surface area contributed by atoms with Gasteiger partial charge in [-0.3, -0.25) is 4.68 Å². The van der Waals surface area contributed by atoms with E-state index in [0.717, 1.165) is 12.8 Å². The molecule has 1 aromatic heterocycles. The lowest BCUT2D eigenvalue weighted by atomic mass is 10.0. The molecule has 2 rings (SSSR count). The van der Waals surface area contributed by atoms with E-state index >= 15 is 0 Å². The van der Waals surface area contributed by atoms with Gasteiger partial charge >= 0.3 is 5.97 Å². The number of hydrogen-bond donors (Lipinski definition) is 1. The highest BCUT2D eigenvalue weighted by molar-refractivity contribution is 5.86. The van der Waals surface area contributed by atoms with Crippen molar-refractivity contribution in [3.63, 3.8) is 0 Å². The minimum absolute atomic E-state index is 0.0521. The van der Waals surface area contributed by atoms with E-state index in [4.69, 9.17) is 10.4 Å². The Morgan fingerprint density at radius 1 is 1.73 bits per heavy atom. The fourth-order valence-electron chi connectivity index (χ4n) is 1.64. The van der Waals surface area contributed by atoms with Crippen LogP contribution in [0.5, 0.6) is 0 Å². The molecule has 15 heavy (non-hydrogen) atoms. The van der Waals surface area contributed by atoms with Gasteiger partial charge in [0.2, 0.25) is 0 Å². The quantitative estimate of drug-likeness (QED) is 0.802. The van der Waals surface area contributed by atoms with Crippen LogP contribution in [0.3, 0.4) is 0 Å². The summed E-state index contributed by atoms with van der Waals surface area (Å²) in [5.41, 5.74) is 0.249. The van der Waals surface area contributed by atoms with Crippen molar-refractivity contribution in [2.24, 2.45) is 5.41 Å². The molecule has 1 saturated carbocycles. The number of carboxylic acids is 1. The zero-order valence-corrected chi connectivity index (χ0v) is 8.18. The van der Waals surface area contributed by atoms with Gasteiger partial charge < -0.3 is 5.11 Å². The van der Waals surface area contributed by atoms with Gasteiger partial charge in [0.15, 0.2) is 0 Å². The first-order valence-electron chi connectivity index (χ1n) is 4.78. The average Bonchev–Trinajstić information content (AvgIpc) is 2.77. The molecule has 0 amide bonds. The van der Waals surface area contributed by atoms with Crippen LogP contribution in [0, 0.1) is 16.7 Å². The molecule has 1 aliphatic carbocycles. The monoisotopic (exact) mass is 205 g/mol. The molecule has 5 nitrogen and oxygen atoms in total. The third-order valence-corrected chi connectivity index (χ3v) is 2.79. The van der Waals surface area contributed by atoms with E-state index < -0.39 is 5.97 Å². The SMILES string of the molecule is N#CCC1(Cn2cc(C(=O)O)cn2)CC1. The molecular formula is C10H11N3O2. The van der Waals surface area contributed by atoms with Crippen LogP contribution in [0.1, 0.15) is 29.6 Å². The highest BCUT2D eigenvalue weighted by Gasteiger charge is 2.42. The van der Waals surface area contributed by atoms with Gasteiger partial charge in [-0.15, -0.1) is 0 Å². The molecule has 0 aliphatic heterocycles. The van der Waals surface area contributed by atoms with E-state index in [1.54, 1.807) is 4.68 Å². The molecule has 1 aliphatic rings. The average molecular weight is 205 g/mol. The summed E-state index contributed by atoms with van der Waals surface area (Å²) in [5, 5.41) is 21.3. The zero-order chi connectivity index (χ0) is 10.9.